The SMILES string of the molecule is COc1ccc([C@@H]2CC(=O)N3C(=C2C#N)SC[C@@]3(O)c2ccc(C)cc2)cc1. The van der Waals surface area contributed by atoms with E-state index < -0.39 is 5.72 Å². The van der Waals surface area contributed by atoms with E-state index in [1.54, 1.807) is 7.11 Å². The number of nitrogens with zero attached hydrogens (tertiary/aromatic N) is 2. The number of nitriles is 1. The molecule has 2 heterocycles. The van der Waals surface area contributed by atoms with Gasteiger partial charge in [-0.05, 0) is 24.6 Å². The van der Waals surface area contributed by atoms with Crippen LogP contribution in [0.2, 0.25) is 0 Å². The third kappa shape index (κ3) is 2.88. The third-order valence-electron chi connectivity index (χ3n) is 5.34. The van der Waals surface area contributed by atoms with Crippen LogP contribution < -0.4 is 4.74 Å². The summed E-state index contributed by atoms with van der Waals surface area (Å²) in [6.07, 6.45) is 0.146. The van der Waals surface area contributed by atoms with E-state index in [0.29, 0.717) is 21.9 Å². The number of aliphatic hydroxyl groups is 1. The fourth-order valence-corrected chi connectivity index (χ4v) is 5.14. The van der Waals surface area contributed by atoms with Crippen molar-refractivity contribution in [2.75, 3.05) is 12.9 Å². The molecular weight excluding hydrogens is 372 g/mol. The number of rotatable bonds is 3. The molecule has 2 aromatic carbocycles. The molecule has 0 unspecified atom stereocenters. The van der Waals surface area contributed by atoms with Crippen LogP contribution in [0.4, 0.5) is 0 Å². The first-order valence-corrected chi connectivity index (χ1v) is 10.00. The van der Waals surface area contributed by atoms with Crippen LogP contribution in [0.1, 0.15) is 29.0 Å². The Bertz CT molecular complexity index is 992. The van der Waals surface area contributed by atoms with Gasteiger partial charge in [0.2, 0.25) is 5.91 Å². The Morgan fingerprint density at radius 3 is 2.50 bits per heavy atom. The highest BCUT2D eigenvalue weighted by Crippen LogP contribution is 2.51. The van der Waals surface area contributed by atoms with E-state index in [1.807, 2.05) is 55.5 Å². The van der Waals surface area contributed by atoms with Crippen molar-refractivity contribution in [1.82, 2.24) is 4.90 Å². The van der Waals surface area contributed by atoms with Crippen molar-refractivity contribution in [2.24, 2.45) is 0 Å². The number of hydrogen-bond donors (Lipinski definition) is 1. The van der Waals surface area contributed by atoms with Crippen molar-refractivity contribution in [2.45, 2.75) is 25.0 Å². The van der Waals surface area contributed by atoms with Gasteiger partial charge in [-0.1, -0.05) is 42.0 Å². The van der Waals surface area contributed by atoms with Gasteiger partial charge >= 0.3 is 0 Å². The molecule has 4 rings (SSSR count). The van der Waals surface area contributed by atoms with E-state index in [0.717, 1.165) is 16.9 Å². The molecule has 1 N–H and O–H groups in total. The van der Waals surface area contributed by atoms with Gasteiger partial charge in [-0.15, -0.1) is 11.8 Å². The van der Waals surface area contributed by atoms with Crippen LogP contribution in [0.5, 0.6) is 5.75 Å². The van der Waals surface area contributed by atoms with Gasteiger partial charge in [-0.3, -0.25) is 9.69 Å². The maximum atomic E-state index is 13.1. The van der Waals surface area contributed by atoms with E-state index in [4.69, 9.17) is 4.74 Å². The average molecular weight is 392 g/mol. The highest BCUT2D eigenvalue weighted by Gasteiger charge is 2.51. The molecular formula is C22H20N2O3S. The molecule has 142 valence electrons. The lowest BCUT2D eigenvalue weighted by Crippen LogP contribution is -2.48. The van der Waals surface area contributed by atoms with Crippen LogP contribution in [0, 0.1) is 18.3 Å². The predicted octanol–water partition coefficient (Wildman–Crippen LogP) is 3.65. The second-order valence-corrected chi connectivity index (χ2v) is 8.03. The summed E-state index contributed by atoms with van der Waals surface area (Å²) in [5, 5.41) is 21.8. The molecule has 1 fully saturated rings. The summed E-state index contributed by atoms with van der Waals surface area (Å²) in [5.74, 6) is 0.533. The smallest absolute Gasteiger partial charge is 0.231 e. The Labute approximate surface area is 168 Å². The first-order chi connectivity index (χ1) is 13.5. The molecule has 0 bridgehead atoms. The predicted molar refractivity (Wildman–Crippen MR) is 107 cm³/mol. The average Bonchev–Trinajstić information content (AvgIpc) is 3.07. The highest BCUT2D eigenvalue weighted by molar-refractivity contribution is 8.03. The van der Waals surface area contributed by atoms with Crippen LogP contribution in [0.25, 0.3) is 0 Å². The number of allylic oxidation sites excluding steroid dienone is 1. The molecule has 5 nitrogen and oxygen atoms in total. The van der Waals surface area contributed by atoms with E-state index in [2.05, 4.69) is 6.07 Å². The molecule has 0 spiro atoms. The maximum Gasteiger partial charge on any atom is 0.231 e. The normalized spacial score (nSPS) is 24.1. The molecule has 28 heavy (non-hydrogen) atoms. The van der Waals surface area contributed by atoms with E-state index in [-0.39, 0.29) is 18.2 Å². The van der Waals surface area contributed by atoms with Crippen molar-refractivity contribution in [3.63, 3.8) is 0 Å². The number of fused-ring (bicyclic) bond motifs is 1. The fraction of sp³-hybridized carbons (Fsp3) is 0.273. The van der Waals surface area contributed by atoms with Gasteiger partial charge in [0.05, 0.1) is 29.5 Å². The summed E-state index contributed by atoms with van der Waals surface area (Å²) in [7, 11) is 1.60. The minimum absolute atomic E-state index is 0.146. The number of methoxy groups -OCH3 is 1. The van der Waals surface area contributed by atoms with Crippen LogP contribution in [-0.2, 0) is 10.5 Å². The summed E-state index contributed by atoms with van der Waals surface area (Å²) >= 11 is 1.36. The largest absolute Gasteiger partial charge is 0.497 e. The Morgan fingerprint density at radius 2 is 1.89 bits per heavy atom. The van der Waals surface area contributed by atoms with E-state index in [9.17, 15) is 15.2 Å². The molecule has 0 aromatic heterocycles. The number of thioether (sulfide) groups is 1. The van der Waals surface area contributed by atoms with Crippen molar-refractivity contribution in [3.8, 4) is 11.8 Å². The van der Waals surface area contributed by atoms with Gasteiger partial charge in [0.15, 0.2) is 5.72 Å². The molecule has 0 radical (unpaired) electrons. The fourth-order valence-electron chi connectivity index (χ4n) is 3.78. The molecule has 2 atom stereocenters. The van der Waals surface area contributed by atoms with Gasteiger partial charge in [-0.2, -0.15) is 5.26 Å². The number of ether oxygens (including phenoxy) is 1. The molecule has 0 saturated carbocycles. The summed E-state index contributed by atoms with van der Waals surface area (Å²) in [6, 6.07) is 17.2. The lowest BCUT2D eigenvalue weighted by Gasteiger charge is -2.38. The summed E-state index contributed by atoms with van der Waals surface area (Å²) in [5.41, 5.74) is 1.73. The monoisotopic (exact) mass is 392 g/mol. The number of benzene rings is 2. The van der Waals surface area contributed by atoms with Crippen LogP contribution in [0.3, 0.4) is 0 Å². The van der Waals surface area contributed by atoms with Crippen molar-refractivity contribution in [3.05, 3.63) is 75.8 Å². The van der Waals surface area contributed by atoms with Gasteiger partial charge in [-0.25, -0.2) is 0 Å². The Hall–Kier alpha value is -2.75. The topological polar surface area (TPSA) is 73.6 Å². The summed E-state index contributed by atoms with van der Waals surface area (Å²) in [4.78, 5) is 14.5. The number of hydrogen-bond acceptors (Lipinski definition) is 5. The summed E-state index contributed by atoms with van der Waals surface area (Å²) in [6.45, 7) is 1.97. The number of carbonyl (C=O) groups is 1. The number of aryl methyl sites for hydroxylation is 1. The molecule has 1 amide bonds. The minimum atomic E-state index is -1.43. The maximum absolute atomic E-state index is 13.1. The lowest BCUT2D eigenvalue weighted by atomic mass is 9.85. The molecule has 2 aliphatic heterocycles. The van der Waals surface area contributed by atoms with Gasteiger partial charge < -0.3 is 9.84 Å². The number of amides is 1. The Balaban J connectivity index is 1.77. The Kier molecular flexibility index (Phi) is 4.66. The third-order valence-corrected chi connectivity index (χ3v) is 6.57. The van der Waals surface area contributed by atoms with Crippen LogP contribution in [-0.4, -0.2) is 28.8 Å². The van der Waals surface area contributed by atoms with Gasteiger partial charge in [0.25, 0.3) is 0 Å². The second kappa shape index (κ2) is 7.01. The summed E-state index contributed by atoms with van der Waals surface area (Å²) < 4.78 is 5.20. The second-order valence-electron chi connectivity index (χ2n) is 7.06. The lowest BCUT2D eigenvalue weighted by molar-refractivity contribution is -0.149. The van der Waals surface area contributed by atoms with Gasteiger partial charge in [0, 0.05) is 17.9 Å². The molecule has 2 aliphatic rings. The highest BCUT2D eigenvalue weighted by atomic mass is 32.2. The van der Waals surface area contributed by atoms with Crippen molar-refractivity contribution < 1.29 is 14.6 Å². The molecule has 0 aliphatic carbocycles. The molecule has 2 aromatic rings. The van der Waals surface area contributed by atoms with Gasteiger partial charge in [0.1, 0.15) is 5.75 Å². The first-order valence-electron chi connectivity index (χ1n) is 9.01. The van der Waals surface area contributed by atoms with Crippen LogP contribution in [0.15, 0.2) is 59.1 Å². The van der Waals surface area contributed by atoms with Crippen molar-refractivity contribution in [1.29, 1.82) is 5.26 Å². The molecule has 6 heteroatoms. The first kappa shape index (κ1) is 18.6. The van der Waals surface area contributed by atoms with Crippen molar-refractivity contribution >= 4 is 17.7 Å². The zero-order chi connectivity index (χ0) is 19.9. The number of carbonyl (C=O) groups excluding carboxylic acids is 1. The quantitative estimate of drug-likeness (QED) is 0.863. The van der Waals surface area contributed by atoms with E-state index >= 15 is 0 Å². The minimum Gasteiger partial charge on any atom is -0.497 e. The zero-order valence-electron chi connectivity index (χ0n) is 15.7. The Morgan fingerprint density at radius 1 is 1.21 bits per heavy atom. The van der Waals surface area contributed by atoms with E-state index in [1.165, 1.54) is 16.7 Å². The zero-order valence-corrected chi connectivity index (χ0v) is 16.5. The van der Waals surface area contributed by atoms with Crippen LogP contribution >= 0.6 is 11.8 Å². The molecule has 1 saturated heterocycles. The standard InChI is InChI=1S/C22H20N2O3S/c1-14-3-7-16(8-4-14)22(26)13-28-21-19(12-23)18(11-20(25)24(21)22)15-5-9-17(27-2)10-6-15/h3-10,18,26H,11,13H2,1-2H3/t18-,22+/m0/s1.